The first-order chi connectivity index (χ1) is 9.52. The van der Waals surface area contributed by atoms with Gasteiger partial charge in [0.25, 0.3) is 5.56 Å². The number of aliphatic carboxylic acids is 1. The molecule has 0 saturated carbocycles. The maximum absolute atomic E-state index is 13.0. The van der Waals surface area contributed by atoms with E-state index in [0.717, 1.165) is 10.8 Å². The summed E-state index contributed by atoms with van der Waals surface area (Å²) in [7, 11) is 0. The molecule has 0 fully saturated rings. The second-order valence-electron chi connectivity index (χ2n) is 4.14. The van der Waals surface area contributed by atoms with Gasteiger partial charge in [-0.25, -0.2) is 4.39 Å². The number of carbonyl (C=O) groups excluding carboxylic acids is 1. The van der Waals surface area contributed by atoms with E-state index in [9.17, 15) is 19.1 Å². The van der Waals surface area contributed by atoms with E-state index in [0.29, 0.717) is 11.0 Å². The highest BCUT2D eigenvalue weighted by molar-refractivity contribution is 6.04. The summed E-state index contributed by atoms with van der Waals surface area (Å²) >= 11 is 0. The van der Waals surface area contributed by atoms with E-state index >= 15 is 0 Å². The fourth-order valence-electron chi connectivity index (χ4n) is 1.82. The molecular formula is C14H12FN2O3-. The molecule has 1 aromatic carbocycles. The van der Waals surface area contributed by atoms with Gasteiger partial charge in [-0.2, -0.15) is 0 Å². The first-order valence-corrected chi connectivity index (χ1v) is 6.01. The quantitative estimate of drug-likeness (QED) is 0.701. The van der Waals surface area contributed by atoms with Crippen molar-refractivity contribution in [3.8, 4) is 0 Å². The molecule has 0 saturated heterocycles. The van der Waals surface area contributed by atoms with Crippen molar-refractivity contribution in [2.45, 2.75) is 13.3 Å². The summed E-state index contributed by atoms with van der Waals surface area (Å²) in [5.74, 6) is -1.35. The van der Waals surface area contributed by atoms with E-state index in [-0.39, 0.29) is 17.8 Å². The van der Waals surface area contributed by atoms with Gasteiger partial charge in [-0.15, -0.1) is 0 Å². The minimum absolute atomic E-state index is 0.111. The number of H-pyrrole nitrogens is 2. The van der Waals surface area contributed by atoms with Crippen LogP contribution in [0.25, 0.3) is 21.8 Å². The zero-order valence-electron chi connectivity index (χ0n) is 10.7. The van der Waals surface area contributed by atoms with Crippen molar-refractivity contribution in [2.75, 3.05) is 0 Å². The Hall–Kier alpha value is -2.63. The average Bonchev–Trinajstić information content (AvgIpc) is 2.89. The molecule has 6 heteroatoms. The van der Waals surface area contributed by atoms with Crippen molar-refractivity contribution in [1.82, 2.24) is 9.97 Å². The number of carboxylic acids is 1. The van der Waals surface area contributed by atoms with Crippen molar-refractivity contribution in [3.63, 3.8) is 0 Å². The summed E-state index contributed by atoms with van der Waals surface area (Å²) in [5.41, 5.74) is 0.814. The molecule has 0 radical (unpaired) electrons. The molecule has 0 amide bonds. The molecule has 0 aliphatic rings. The van der Waals surface area contributed by atoms with Gasteiger partial charge in [0.15, 0.2) is 0 Å². The van der Waals surface area contributed by atoms with Crippen molar-refractivity contribution >= 4 is 27.8 Å². The smallest absolute Gasteiger partial charge is 0.272 e. The zero-order chi connectivity index (χ0) is 14.7. The summed E-state index contributed by atoms with van der Waals surface area (Å²) in [6.45, 7) is 1.54. The first kappa shape index (κ1) is 13.8. The van der Waals surface area contributed by atoms with Crippen LogP contribution in [0.5, 0.6) is 0 Å². The lowest BCUT2D eigenvalue weighted by molar-refractivity contribution is -0.305. The number of rotatable bonds is 1. The molecule has 5 nitrogen and oxygen atoms in total. The fourth-order valence-corrected chi connectivity index (χ4v) is 1.82. The van der Waals surface area contributed by atoms with Crippen molar-refractivity contribution < 1.29 is 14.3 Å². The SMILES string of the molecule is CCC(=O)[O-].O=c1[nH]c2cc(F)ccc2c2cc[nH]c12. The number of fused-ring (bicyclic) bond motifs is 3. The Balaban J connectivity index is 0.000000257. The first-order valence-electron chi connectivity index (χ1n) is 6.01. The Labute approximate surface area is 113 Å². The molecule has 2 aromatic heterocycles. The van der Waals surface area contributed by atoms with Crippen LogP contribution in [0.4, 0.5) is 4.39 Å². The zero-order valence-corrected chi connectivity index (χ0v) is 10.7. The van der Waals surface area contributed by atoms with E-state index in [2.05, 4.69) is 9.97 Å². The molecule has 0 aliphatic carbocycles. The number of aromatic amines is 2. The van der Waals surface area contributed by atoms with Crippen LogP contribution < -0.4 is 10.7 Å². The van der Waals surface area contributed by atoms with Gasteiger partial charge >= 0.3 is 0 Å². The highest BCUT2D eigenvalue weighted by atomic mass is 19.1. The van der Waals surface area contributed by atoms with E-state index < -0.39 is 5.97 Å². The minimum Gasteiger partial charge on any atom is -0.550 e. The highest BCUT2D eigenvalue weighted by Gasteiger charge is 2.05. The maximum atomic E-state index is 13.0. The molecule has 2 N–H and O–H groups in total. The van der Waals surface area contributed by atoms with Crippen LogP contribution in [-0.4, -0.2) is 15.9 Å². The number of aromatic nitrogens is 2. The molecule has 104 valence electrons. The third-order valence-electron chi connectivity index (χ3n) is 2.78. The molecule has 20 heavy (non-hydrogen) atoms. The van der Waals surface area contributed by atoms with Gasteiger partial charge in [-0.1, -0.05) is 6.92 Å². The Morgan fingerprint density at radius 2 is 2.00 bits per heavy atom. The average molecular weight is 275 g/mol. The molecule has 3 aromatic rings. The molecule has 0 unspecified atom stereocenters. The Bertz CT molecular complexity index is 820. The van der Waals surface area contributed by atoms with Crippen LogP contribution in [-0.2, 0) is 4.79 Å². The van der Waals surface area contributed by atoms with Gasteiger partial charge in [-0.05, 0) is 30.7 Å². The summed E-state index contributed by atoms with van der Waals surface area (Å²) < 4.78 is 13.0. The van der Waals surface area contributed by atoms with E-state index in [1.165, 1.54) is 19.1 Å². The highest BCUT2D eigenvalue weighted by Crippen LogP contribution is 2.20. The van der Waals surface area contributed by atoms with Crippen molar-refractivity contribution in [3.05, 3.63) is 46.6 Å². The molecule has 0 aliphatic heterocycles. The third-order valence-corrected chi connectivity index (χ3v) is 2.78. The van der Waals surface area contributed by atoms with Gasteiger partial charge in [-0.3, -0.25) is 4.79 Å². The number of carboxylic acid groups (broad SMARTS) is 1. The number of benzene rings is 1. The molecular weight excluding hydrogens is 263 g/mol. The third kappa shape index (κ3) is 2.69. The lowest BCUT2D eigenvalue weighted by Gasteiger charge is -1.99. The Morgan fingerprint density at radius 3 is 2.65 bits per heavy atom. The van der Waals surface area contributed by atoms with Crippen LogP contribution in [0.3, 0.4) is 0 Å². The van der Waals surface area contributed by atoms with E-state index in [1.807, 2.05) is 6.07 Å². The summed E-state index contributed by atoms with van der Waals surface area (Å²) in [5, 5.41) is 10.9. The molecule has 0 atom stereocenters. The standard InChI is InChI=1S/C11H7FN2O.C3H6O2/c12-6-1-2-7-8-3-4-13-10(8)11(15)14-9(7)5-6;1-2-3(4)5/h1-5,13H,(H,14,15);2H2,1H3,(H,4,5)/p-1. The Morgan fingerprint density at radius 1 is 1.30 bits per heavy atom. The monoisotopic (exact) mass is 275 g/mol. The van der Waals surface area contributed by atoms with Crippen LogP contribution in [0.2, 0.25) is 0 Å². The normalized spacial score (nSPS) is 10.3. The topological polar surface area (TPSA) is 88.8 Å². The Kier molecular flexibility index (Phi) is 3.84. The number of nitrogens with one attached hydrogen (secondary N) is 2. The number of hydrogen-bond donors (Lipinski definition) is 2. The maximum Gasteiger partial charge on any atom is 0.272 e. The fraction of sp³-hybridized carbons (Fsp3) is 0.143. The number of carbonyl (C=O) groups is 1. The van der Waals surface area contributed by atoms with E-state index in [1.54, 1.807) is 12.3 Å². The summed E-state index contributed by atoms with van der Waals surface area (Å²) in [6.07, 6.45) is 1.81. The molecule has 2 heterocycles. The lowest BCUT2D eigenvalue weighted by atomic mass is 10.1. The van der Waals surface area contributed by atoms with Crippen LogP contribution in [0.15, 0.2) is 35.3 Å². The second kappa shape index (κ2) is 5.56. The second-order valence-corrected chi connectivity index (χ2v) is 4.14. The van der Waals surface area contributed by atoms with Gasteiger partial charge in [0, 0.05) is 22.9 Å². The number of hydrogen-bond acceptors (Lipinski definition) is 3. The predicted molar refractivity (Wildman–Crippen MR) is 71.7 cm³/mol. The van der Waals surface area contributed by atoms with Gasteiger partial charge < -0.3 is 19.9 Å². The summed E-state index contributed by atoms with van der Waals surface area (Å²) in [4.78, 5) is 26.3. The lowest BCUT2D eigenvalue weighted by Crippen LogP contribution is -2.19. The number of pyridine rings is 1. The summed E-state index contributed by atoms with van der Waals surface area (Å²) in [6, 6.07) is 6.18. The number of halogens is 1. The molecule has 0 bridgehead atoms. The van der Waals surface area contributed by atoms with Crippen LogP contribution in [0, 0.1) is 5.82 Å². The van der Waals surface area contributed by atoms with Crippen LogP contribution >= 0.6 is 0 Å². The molecule has 3 rings (SSSR count). The van der Waals surface area contributed by atoms with Gasteiger partial charge in [0.2, 0.25) is 0 Å². The van der Waals surface area contributed by atoms with E-state index in [4.69, 9.17) is 0 Å². The molecule has 0 spiro atoms. The van der Waals surface area contributed by atoms with Crippen molar-refractivity contribution in [2.24, 2.45) is 0 Å². The van der Waals surface area contributed by atoms with Gasteiger partial charge in [0.1, 0.15) is 11.3 Å². The van der Waals surface area contributed by atoms with Gasteiger partial charge in [0.05, 0.1) is 5.52 Å². The van der Waals surface area contributed by atoms with Crippen LogP contribution in [0.1, 0.15) is 13.3 Å². The van der Waals surface area contributed by atoms with Crippen molar-refractivity contribution in [1.29, 1.82) is 0 Å². The predicted octanol–water partition coefficient (Wildman–Crippen LogP) is 1.29. The minimum atomic E-state index is -0.995. The largest absolute Gasteiger partial charge is 0.550 e.